The molecule has 6 heteroatoms. The Bertz CT molecular complexity index is 638. The van der Waals surface area contributed by atoms with E-state index in [0.29, 0.717) is 11.4 Å². The highest BCUT2D eigenvalue weighted by Gasteiger charge is 2.13. The van der Waals surface area contributed by atoms with E-state index in [4.69, 9.17) is 34.8 Å². The molecule has 0 spiro atoms. The van der Waals surface area contributed by atoms with Crippen molar-refractivity contribution in [1.82, 2.24) is 0 Å². The fraction of sp³-hybridized carbons (Fsp3) is 0.0714. The second-order valence-electron chi connectivity index (χ2n) is 4.03. The zero-order chi connectivity index (χ0) is 14.7. The first kappa shape index (κ1) is 15.1. The molecule has 20 heavy (non-hydrogen) atoms. The Kier molecular flexibility index (Phi) is 4.86. The quantitative estimate of drug-likeness (QED) is 0.776. The van der Waals surface area contributed by atoms with Crippen molar-refractivity contribution < 1.29 is 9.18 Å². The monoisotopic (exact) mass is 331 g/mol. The predicted molar refractivity (Wildman–Crippen MR) is 80.4 cm³/mol. The van der Waals surface area contributed by atoms with Gasteiger partial charge in [0, 0.05) is 11.4 Å². The van der Waals surface area contributed by atoms with Crippen molar-refractivity contribution in [3.63, 3.8) is 0 Å². The maximum absolute atomic E-state index is 13.1. The highest BCUT2D eigenvalue weighted by molar-refractivity contribution is 6.40. The van der Waals surface area contributed by atoms with Crippen LogP contribution in [0.15, 0.2) is 36.4 Å². The van der Waals surface area contributed by atoms with E-state index >= 15 is 0 Å². The number of carbonyl (C=O) groups excluding carboxylic acids is 1. The van der Waals surface area contributed by atoms with Gasteiger partial charge < -0.3 is 5.32 Å². The SMILES string of the molecule is O=C(Nc1c(Cl)cc(F)cc1Cl)c1cccc(CCl)c1. The molecule has 0 bridgehead atoms. The Balaban J connectivity index is 2.28. The fourth-order valence-electron chi connectivity index (χ4n) is 1.64. The Hall–Kier alpha value is -1.29. The molecule has 0 aliphatic heterocycles. The van der Waals surface area contributed by atoms with E-state index in [0.717, 1.165) is 17.7 Å². The number of hydrogen-bond donors (Lipinski definition) is 1. The van der Waals surface area contributed by atoms with Gasteiger partial charge in [-0.1, -0.05) is 35.3 Å². The van der Waals surface area contributed by atoms with E-state index in [1.54, 1.807) is 18.2 Å². The lowest BCUT2D eigenvalue weighted by molar-refractivity contribution is 0.102. The second kappa shape index (κ2) is 6.44. The number of carbonyl (C=O) groups is 1. The number of nitrogens with one attached hydrogen (secondary N) is 1. The van der Waals surface area contributed by atoms with Gasteiger partial charge >= 0.3 is 0 Å². The zero-order valence-corrected chi connectivity index (χ0v) is 12.4. The van der Waals surface area contributed by atoms with Crippen LogP contribution < -0.4 is 5.32 Å². The number of alkyl halides is 1. The van der Waals surface area contributed by atoms with Gasteiger partial charge in [-0.2, -0.15) is 0 Å². The topological polar surface area (TPSA) is 29.1 Å². The molecule has 2 aromatic rings. The number of amides is 1. The van der Waals surface area contributed by atoms with Gasteiger partial charge in [-0.25, -0.2) is 4.39 Å². The third-order valence-corrected chi connectivity index (χ3v) is 3.49. The molecule has 2 nitrogen and oxygen atoms in total. The highest BCUT2D eigenvalue weighted by atomic mass is 35.5. The Morgan fingerprint density at radius 2 is 1.80 bits per heavy atom. The summed E-state index contributed by atoms with van der Waals surface area (Å²) in [4.78, 5) is 12.1. The Labute approximate surface area is 130 Å². The molecule has 0 heterocycles. The summed E-state index contributed by atoms with van der Waals surface area (Å²) in [6.07, 6.45) is 0. The first-order valence-electron chi connectivity index (χ1n) is 5.62. The van der Waals surface area contributed by atoms with Crippen molar-refractivity contribution in [2.24, 2.45) is 0 Å². The molecule has 2 aromatic carbocycles. The molecule has 1 amide bonds. The largest absolute Gasteiger partial charge is 0.319 e. The first-order chi connectivity index (χ1) is 9.51. The van der Waals surface area contributed by atoms with Crippen LogP contribution in [0, 0.1) is 5.82 Å². The van der Waals surface area contributed by atoms with E-state index in [1.807, 2.05) is 6.07 Å². The molecule has 1 N–H and O–H groups in total. The van der Waals surface area contributed by atoms with Gasteiger partial charge in [-0.3, -0.25) is 4.79 Å². The number of anilines is 1. The van der Waals surface area contributed by atoms with Crippen molar-refractivity contribution in [2.75, 3.05) is 5.32 Å². The van der Waals surface area contributed by atoms with E-state index < -0.39 is 11.7 Å². The molecule has 0 saturated carbocycles. The normalized spacial score (nSPS) is 10.4. The molecule has 0 fully saturated rings. The molecule has 0 radical (unpaired) electrons. The maximum atomic E-state index is 13.1. The Morgan fingerprint density at radius 1 is 1.15 bits per heavy atom. The zero-order valence-electron chi connectivity index (χ0n) is 10.1. The molecule has 0 aliphatic rings. The molecule has 0 aromatic heterocycles. The van der Waals surface area contributed by atoms with E-state index in [2.05, 4.69) is 5.32 Å². The summed E-state index contributed by atoms with van der Waals surface area (Å²) in [7, 11) is 0. The minimum Gasteiger partial charge on any atom is -0.319 e. The number of hydrogen-bond acceptors (Lipinski definition) is 1. The van der Waals surface area contributed by atoms with Gasteiger partial charge in [-0.05, 0) is 29.8 Å². The fourth-order valence-corrected chi connectivity index (χ4v) is 2.36. The van der Waals surface area contributed by atoms with Crippen LogP contribution >= 0.6 is 34.8 Å². The molecular formula is C14H9Cl3FNO. The third kappa shape index (κ3) is 3.42. The van der Waals surface area contributed by atoms with Crippen LogP contribution in [0.2, 0.25) is 10.0 Å². The van der Waals surface area contributed by atoms with Gasteiger partial charge in [0.05, 0.1) is 15.7 Å². The molecular weight excluding hydrogens is 324 g/mol. The van der Waals surface area contributed by atoms with Crippen LogP contribution in [-0.2, 0) is 5.88 Å². The average Bonchev–Trinajstić information content (AvgIpc) is 2.42. The van der Waals surface area contributed by atoms with Crippen LogP contribution in [0.5, 0.6) is 0 Å². The summed E-state index contributed by atoms with van der Waals surface area (Å²) >= 11 is 17.4. The summed E-state index contributed by atoms with van der Waals surface area (Å²) in [5.41, 5.74) is 1.41. The number of halogens is 4. The van der Waals surface area contributed by atoms with Crippen LogP contribution in [0.1, 0.15) is 15.9 Å². The summed E-state index contributed by atoms with van der Waals surface area (Å²) in [6, 6.07) is 8.99. The van der Waals surface area contributed by atoms with Crippen LogP contribution in [0.25, 0.3) is 0 Å². The summed E-state index contributed by atoms with van der Waals surface area (Å²) < 4.78 is 13.1. The summed E-state index contributed by atoms with van der Waals surface area (Å²) in [5, 5.41) is 2.64. The van der Waals surface area contributed by atoms with Crippen molar-refractivity contribution in [3.05, 3.63) is 63.4 Å². The maximum Gasteiger partial charge on any atom is 0.255 e. The molecule has 104 valence electrons. The number of benzene rings is 2. The predicted octanol–water partition coefficient (Wildman–Crippen LogP) is 5.12. The molecule has 0 unspecified atom stereocenters. The van der Waals surface area contributed by atoms with E-state index in [-0.39, 0.29) is 15.7 Å². The van der Waals surface area contributed by atoms with Gasteiger partial charge in [0.25, 0.3) is 5.91 Å². The smallest absolute Gasteiger partial charge is 0.255 e. The van der Waals surface area contributed by atoms with Crippen LogP contribution in [-0.4, -0.2) is 5.91 Å². The van der Waals surface area contributed by atoms with Crippen LogP contribution in [0.3, 0.4) is 0 Å². The lowest BCUT2D eigenvalue weighted by Gasteiger charge is -2.10. The van der Waals surface area contributed by atoms with Gasteiger partial charge in [0.15, 0.2) is 0 Å². The van der Waals surface area contributed by atoms with Crippen molar-refractivity contribution in [2.45, 2.75) is 5.88 Å². The van der Waals surface area contributed by atoms with E-state index in [1.165, 1.54) is 0 Å². The molecule has 0 atom stereocenters. The van der Waals surface area contributed by atoms with Gasteiger partial charge in [0.2, 0.25) is 0 Å². The van der Waals surface area contributed by atoms with Crippen molar-refractivity contribution >= 4 is 46.4 Å². The van der Waals surface area contributed by atoms with E-state index in [9.17, 15) is 9.18 Å². The van der Waals surface area contributed by atoms with Crippen molar-refractivity contribution in [3.8, 4) is 0 Å². The average molecular weight is 333 g/mol. The molecule has 0 aliphatic carbocycles. The Morgan fingerprint density at radius 3 is 2.40 bits per heavy atom. The van der Waals surface area contributed by atoms with Gasteiger partial charge in [0.1, 0.15) is 5.82 Å². The van der Waals surface area contributed by atoms with Crippen LogP contribution in [0.4, 0.5) is 10.1 Å². The first-order valence-corrected chi connectivity index (χ1v) is 6.91. The summed E-state index contributed by atoms with van der Waals surface area (Å²) in [5.74, 6) is -0.659. The lowest BCUT2D eigenvalue weighted by Crippen LogP contribution is -2.13. The minimum atomic E-state index is -0.567. The van der Waals surface area contributed by atoms with Gasteiger partial charge in [-0.15, -0.1) is 11.6 Å². The second-order valence-corrected chi connectivity index (χ2v) is 5.11. The highest BCUT2D eigenvalue weighted by Crippen LogP contribution is 2.31. The lowest BCUT2D eigenvalue weighted by atomic mass is 10.1. The summed E-state index contributed by atoms with van der Waals surface area (Å²) in [6.45, 7) is 0. The standard InChI is InChI=1S/C14H9Cl3FNO/c15-7-8-2-1-3-9(4-8)14(20)19-13-11(16)5-10(18)6-12(13)17/h1-6H,7H2,(H,19,20). The third-order valence-electron chi connectivity index (χ3n) is 2.59. The number of rotatable bonds is 3. The van der Waals surface area contributed by atoms with Crippen molar-refractivity contribution in [1.29, 1.82) is 0 Å². The molecule has 2 rings (SSSR count). The molecule has 0 saturated heterocycles. The minimum absolute atomic E-state index is 0.0387.